The molecule has 0 saturated carbocycles. The quantitative estimate of drug-likeness (QED) is 0.414. The van der Waals surface area contributed by atoms with Crippen molar-refractivity contribution in [1.29, 1.82) is 0 Å². The molecule has 0 bridgehead atoms. The number of non-ortho nitro benzene ring substituents is 1. The second kappa shape index (κ2) is 6.49. The summed E-state index contributed by atoms with van der Waals surface area (Å²) >= 11 is 3.53. The SMILES string of the molecule is O=[N+]([O-])c1ccc([C@@H]2Oc3ccc(Br)cc3[C@@H]3CC(c4ccco4)=NN32)cc1. The zero-order chi connectivity index (χ0) is 19.3. The first-order chi connectivity index (χ1) is 13.6. The lowest BCUT2D eigenvalue weighted by Gasteiger charge is -2.38. The molecule has 0 aliphatic carbocycles. The van der Waals surface area contributed by atoms with Crippen molar-refractivity contribution in [3.8, 4) is 5.75 Å². The fourth-order valence-corrected chi connectivity index (χ4v) is 4.01. The van der Waals surface area contributed by atoms with Gasteiger partial charge in [-0.2, -0.15) is 5.10 Å². The topological polar surface area (TPSA) is 81.1 Å². The van der Waals surface area contributed by atoms with Crippen molar-refractivity contribution in [2.24, 2.45) is 5.10 Å². The third-order valence-electron chi connectivity index (χ3n) is 4.95. The van der Waals surface area contributed by atoms with Crippen LogP contribution in [-0.2, 0) is 0 Å². The lowest BCUT2D eigenvalue weighted by Crippen LogP contribution is -2.33. The summed E-state index contributed by atoms with van der Waals surface area (Å²) in [5, 5.41) is 17.7. The van der Waals surface area contributed by atoms with E-state index in [0.717, 1.165) is 32.8 Å². The summed E-state index contributed by atoms with van der Waals surface area (Å²) in [5.74, 6) is 1.51. The summed E-state index contributed by atoms with van der Waals surface area (Å²) < 4.78 is 12.8. The third-order valence-corrected chi connectivity index (χ3v) is 5.44. The molecular weight excluding hydrogens is 426 g/mol. The summed E-state index contributed by atoms with van der Waals surface area (Å²) in [5.41, 5.74) is 2.73. The fourth-order valence-electron chi connectivity index (χ4n) is 3.63. The van der Waals surface area contributed by atoms with Gasteiger partial charge in [-0.15, -0.1) is 0 Å². The average Bonchev–Trinajstić information content (AvgIpc) is 3.37. The van der Waals surface area contributed by atoms with Crippen molar-refractivity contribution < 1.29 is 14.1 Å². The van der Waals surface area contributed by atoms with Gasteiger partial charge in [-0.05, 0) is 42.5 Å². The van der Waals surface area contributed by atoms with E-state index in [1.54, 1.807) is 18.4 Å². The van der Waals surface area contributed by atoms with E-state index in [9.17, 15) is 10.1 Å². The van der Waals surface area contributed by atoms with E-state index >= 15 is 0 Å². The molecule has 2 aliphatic rings. The number of benzene rings is 2. The Morgan fingerprint density at radius 2 is 2.00 bits per heavy atom. The van der Waals surface area contributed by atoms with Gasteiger partial charge in [0.1, 0.15) is 17.2 Å². The number of ether oxygens (including phenoxy) is 1. The second-order valence-electron chi connectivity index (χ2n) is 6.62. The summed E-state index contributed by atoms with van der Waals surface area (Å²) in [4.78, 5) is 10.6. The first-order valence-electron chi connectivity index (χ1n) is 8.70. The van der Waals surface area contributed by atoms with E-state index in [-0.39, 0.29) is 11.7 Å². The first-order valence-corrected chi connectivity index (χ1v) is 9.49. The predicted octanol–water partition coefficient (Wildman–Crippen LogP) is 5.19. The van der Waals surface area contributed by atoms with E-state index in [4.69, 9.17) is 14.3 Å². The third kappa shape index (κ3) is 2.77. The molecule has 0 amide bonds. The van der Waals surface area contributed by atoms with Gasteiger partial charge in [-0.1, -0.05) is 15.9 Å². The van der Waals surface area contributed by atoms with Gasteiger partial charge in [0.2, 0.25) is 6.23 Å². The number of furan rings is 1. The predicted molar refractivity (Wildman–Crippen MR) is 105 cm³/mol. The monoisotopic (exact) mass is 439 g/mol. The highest BCUT2D eigenvalue weighted by molar-refractivity contribution is 9.10. The Hall–Kier alpha value is -3.13. The largest absolute Gasteiger partial charge is 0.464 e. The first kappa shape index (κ1) is 17.0. The van der Waals surface area contributed by atoms with Crippen LogP contribution in [0.4, 0.5) is 5.69 Å². The standard InChI is InChI=1S/C20H14BrN3O4/c21-13-5-8-18-15(10-13)17-11-16(19-2-1-9-27-19)22-23(17)20(28-18)12-3-6-14(7-4-12)24(25)26/h1-10,17,20H,11H2/t17-,20-/m0/s1. The van der Waals surface area contributed by atoms with Crippen molar-refractivity contribution in [3.05, 3.63) is 92.3 Å². The molecule has 8 heteroatoms. The lowest BCUT2D eigenvalue weighted by atomic mass is 9.97. The molecule has 0 unspecified atom stereocenters. The van der Waals surface area contributed by atoms with Crippen LogP contribution in [0.25, 0.3) is 0 Å². The maximum atomic E-state index is 11.0. The minimum Gasteiger partial charge on any atom is -0.464 e. The molecule has 0 saturated heterocycles. The van der Waals surface area contributed by atoms with Gasteiger partial charge in [0.25, 0.3) is 5.69 Å². The molecule has 0 fully saturated rings. The van der Waals surface area contributed by atoms with Crippen molar-refractivity contribution in [2.45, 2.75) is 18.7 Å². The minimum absolute atomic E-state index is 0.0125. The number of hydrogen-bond donors (Lipinski definition) is 0. The highest BCUT2D eigenvalue weighted by Gasteiger charge is 2.41. The highest BCUT2D eigenvalue weighted by Crippen LogP contribution is 2.48. The Morgan fingerprint density at radius 3 is 2.71 bits per heavy atom. The van der Waals surface area contributed by atoms with Gasteiger partial charge in [-0.3, -0.25) is 10.1 Å². The van der Waals surface area contributed by atoms with Gasteiger partial charge >= 0.3 is 0 Å². The molecule has 2 atom stereocenters. The normalized spacial score (nSPS) is 20.2. The molecule has 0 radical (unpaired) electrons. The Morgan fingerprint density at radius 1 is 1.18 bits per heavy atom. The van der Waals surface area contributed by atoms with Gasteiger partial charge in [0.05, 0.1) is 17.2 Å². The Labute approximate surface area is 168 Å². The van der Waals surface area contributed by atoms with Crippen molar-refractivity contribution in [1.82, 2.24) is 5.01 Å². The number of hydrazone groups is 1. The van der Waals surface area contributed by atoms with Crippen LogP contribution in [0.5, 0.6) is 5.75 Å². The number of nitrogens with zero attached hydrogens (tertiary/aromatic N) is 3. The molecule has 2 aromatic carbocycles. The van der Waals surface area contributed by atoms with Crippen LogP contribution in [0.2, 0.25) is 0 Å². The highest BCUT2D eigenvalue weighted by atomic mass is 79.9. The Bertz CT molecular complexity index is 1080. The minimum atomic E-state index is -0.480. The average molecular weight is 440 g/mol. The number of halogens is 1. The van der Waals surface area contributed by atoms with Crippen molar-refractivity contribution in [3.63, 3.8) is 0 Å². The van der Waals surface area contributed by atoms with Gasteiger partial charge < -0.3 is 9.15 Å². The molecule has 0 N–H and O–H groups in total. The molecular formula is C20H14BrN3O4. The summed E-state index contributed by atoms with van der Waals surface area (Å²) in [6.45, 7) is 0. The van der Waals surface area contributed by atoms with Crippen LogP contribution in [0, 0.1) is 10.1 Å². The van der Waals surface area contributed by atoms with Crippen LogP contribution < -0.4 is 4.74 Å². The smallest absolute Gasteiger partial charge is 0.269 e. The lowest BCUT2D eigenvalue weighted by molar-refractivity contribution is -0.384. The number of nitro groups is 1. The fraction of sp³-hybridized carbons (Fsp3) is 0.150. The van der Waals surface area contributed by atoms with Crippen LogP contribution in [-0.4, -0.2) is 15.6 Å². The van der Waals surface area contributed by atoms with Crippen LogP contribution >= 0.6 is 15.9 Å². The van der Waals surface area contributed by atoms with Gasteiger partial charge in [-0.25, -0.2) is 5.01 Å². The van der Waals surface area contributed by atoms with E-state index in [2.05, 4.69) is 15.9 Å². The van der Waals surface area contributed by atoms with Gasteiger partial charge in [0, 0.05) is 34.2 Å². The van der Waals surface area contributed by atoms with Crippen LogP contribution in [0.3, 0.4) is 0 Å². The number of rotatable bonds is 3. The van der Waals surface area contributed by atoms with E-state index in [1.165, 1.54) is 12.1 Å². The molecule has 5 rings (SSSR count). The molecule has 28 heavy (non-hydrogen) atoms. The summed E-state index contributed by atoms with van der Waals surface area (Å²) in [6, 6.07) is 16.0. The molecule has 140 valence electrons. The molecule has 3 heterocycles. The number of fused-ring (bicyclic) bond motifs is 3. The van der Waals surface area contributed by atoms with Gasteiger partial charge in [0.15, 0.2) is 0 Å². The van der Waals surface area contributed by atoms with E-state index in [1.807, 2.05) is 35.3 Å². The van der Waals surface area contributed by atoms with Crippen molar-refractivity contribution in [2.75, 3.05) is 0 Å². The summed E-state index contributed by atoms with van der Waals surface area (Å²) in [7, 11) is 0. The number of hydrogen-bond acceptors (Lipinski definition) is 6. The zero-order valence-corrected chi connectivity index (χ0v) is 16.1. The molecule has 0 spiro atoms. The second-order valence-corrected chi connectivity index (χ2v) is 7.54. The van der Waals surface area contributed by atoms with Crippen LogP contribution in [0.15, 0.2) is 74.9 Å². The number of nitro benzene ring substituents is 1. The summed E-state index contributed by atoms with van der Waals surface area (Å²) in [6.07, 6.45) is 1.83. The van der Waals surface area contributed by atoms with E-state index < -0.39 is 11.2 Å². The Kier molecular flexibility index (Phi) is 3.94. The molecule has 1 aromatic heterocycles. The molecule has 7 nitrogen and oxygen atoms in total. The van der Waals surface area contributed by atoms with Crippen molar-refractivity contribution >= 4 is 27.3 Å². The molecule has 3 aromatic rings. The zero-order valence-electron chi connectivity index (χ0n) is 14.5. The molecule has 2 aliphatic heterocycles. The van der Waals surface area contributed by atoms with Crippen LogP contribution in [0.1, 0.15) is 35.6 Å². The maximum absolute atomic E-state index is 11.0. The maximum Gasteiger partial charge on any atom is 0.269 e. The van der Waals surface area contributed by atoms with E-state index in [0.29, 0.717) is 6.42 Å². The Balaban J connectivity index is 1.58.